The molecule has 21 heavy (non-hydrogen) atoms. The molecule has 0 bridgehead atoms. The predicted molar refractivity (Wildman–Crippen MR) is 73.6 cm³/mol. The summed E-state index contributed by atoms with van der Waals surface area (Å²) < 4.78 is 0. The van der Waals surface area contributed by atoms with E-state index in [2.05, 4.69) is 25.9 Å². The minimum atomic E-state index is -0.00342. The number of amides is 1. The van der Waals surface area contributed by atoms with Crippen molar-refractivity contribution in [2.45, 2.75) is 6.54 Å². The van der Waals surface area contributed by atoms with Gasteiger partial charge in [0, 0.05) is 36.6 Å². The second kappa shape index (κ2) is 5.05. The maximum Gasteiger partial charge on any atom is 0.254 e. The van der Waals surface area contributed by atoms with E-state index >= 15 is 0 Å². The quantitative estimate of drug-likeness (QED) is 0.804. The average molecular weight is 281 g/mol. The molecule has 2 heterocycles. The second-order valence-corrected chi connectivity index (χ2v) is 4.54. The highest BCUT2D eigenvalue weighted by Gasteiger charge is 2.26. The van der Waals surface area contributed by atoms with Crippen LogP contribution in [0, 0.1) is 11.3 Å². The van der Waals surface area contributed by atoms with E-state index < -0.39 is 0 Å². The van der Waals surface area contributed by atoms with Crippen molar-refractivity contribution >= 4 is 17.2 Å². The summed E-state index contributed by atoms with van der Waals surface area (Å²) in [5, 5.41) is 25.4. The largest absolute Gasteiger partial charge is 0.360 e. The third-order valence-corrected chi connectivity index (χ3v) is 3.23. The number of carbonyl (C=O) groups excluding carboxylic acids is 1. The molecule has 1 aromatic heterocycles. The molecule has 1 aliphatic heterocycles. The number of anilines is 1. The lowest BCUT2D eigenvalue weighted by Gasteiger charge is -2.07. The van der Waals surface area contributed by atoms with Crippen molar-refractivity contribution < 1.29 is 4.79 Å². The first kappa shape index (κ1) is 12.8. The number of hydrogen-bond donors (Lipinski definition) is 2. The Morgan fingerprint density at radius 3 is 3.14 bits per heavy atom. The fourth-order valence-electron chi connectivity index (χ4n) is 2.18. The molecule has 8 nitrogen and oxygen atoms in total. The molecule has 0 spiro atoms. The van der Waals surface area contributed by atoms with Crippen LogP contribution in [0.15, 0.2) is 24.4 Å². The maximum absolute atomic E-state index is 11.9. The molecule has 1 amide bonds. The number of tetrazole rings is 1. The fraction of sp³-hybridized carbons (Fsp3) is 0.154. The highest BCUT2D eigenvalue weighted by Crippen LogP contribution is 2.28. The highest BCUT2D eigenvalue weighted by atomic mass is 16.2. The van der Waals surface area contributed by atoms with Gasteiger partial charge in [-0.15, -0.1) is 10.2 Å². The van der Waals surface area contributed by atoms with Crippen LogP contribution in [0.25, 0.3) is 5.57 Å². The van der Waals surface area contributed by atoms with Gasteiger partial charge < -0.3 is 10.2 Å². The van der Waals surface area contributed by atoms with Crippen LogP contribution < -0.4 is 5.32 Å². The molecule has 0 saturated carbocycles. The van der Waals surface area contributed by atoms with Gasteiger partial charge in [0.25, 0.3) is 5.91 Å². The van der Waals surface area contributed by atoms with Crippen molar-refractivity contribution in [3.05, 3.63) is 41.4 Å². The van der Waals surface area contributed by atoms with Crippen LogP contribution in [-0.4, -0.2) is 38.5 Å². The predicted octanol–water partition coefficient (Wildman–Crippen LogP) is 0.762. The molecule has 104 valence electrons. The average Bonchev–Trinajstić information content (AvgIpc) is 3.11. The molecule has 1 aromatic carbocycles. The van der Waals surface area contributed by atoms with Gasteiger partial charge in [-0.2, -0.15) is 10.5 Å². The number of hydrogen-bond acceptors (Lipinski definition) is 6. The molecule has 1 aliphatic rings. The summed E-state index contributed by atoms with van der Waals surface area (Å²) in [6.45, 7) is 0.537. The van der Waals surface area contributed by atoms with Crippen molar-refractivity contribution in [3.63, 3.8) is 0 Å². The van der Waals surface area contributed by atoms with Gasteiger partial charge in [-0.1, -0.05) is 6.07 Å². The number of rotatable bonds is 3. The van der Waals surface area contributed by atoms with E-state index in [0.717, 1.165) is 11.3 Å². The SMILES string of the molecule is CN1Cc2c(NC=C(C#N)c3nn[nH]n3)cccc2C1=O. The van der Waals surface area contributed by atoms with Crippen LogP contribution in [0.3, 0.4) is 0 Å². The number of benzene rings is 1. The number of carbonyl (C=O) groups is 1. The molecule has 0 radical (unpaired) electrons. The van der Waals surface area contributed by atoms with E-state index in [1.807, 2.05) is 12.1 Å². The summed E-state index contributed by atoms with van der Waals surface area (Å²) in [4.78, 5) is 13.6. The van der Waals surface area contributed by atoms with Gasteiger partial charge >= 0.3 is 0 Å². The van der Waals surface area contributed by atoms with Crippen LogP contribution >= 0.6 is 0 Å². The Morgan fingerprint density at radius 2 is 2.43 bits per heavy atom. The van der Waals surface area contributed by atoms with E-state index in [-0.39, 0.29) is 17.3 Å². The first-order valence-corrected chi connectivity index (χ1v) is 6.18. The molecule has 2 aromatic rings. The zero-order valence-electron chi connectivity index (χ0n) is 11.2. The van der Waals surface area contributed by atoms with Crippen molar-refractivity contribution in [1.82, 2.24) is 25.5 Å². The molecule has 0 unspecified atom stereocenters. The minimum Gasteiger partial charge on any atom is -0.360 e. The van der Waals surface area contributed by atoms with Gasteiger partial charge in [-0.25, -0.2) is 0 Å². The lowest BCUT2D eigenvalue weighted by Crippen LogP contribution is -2.17. The van der Waals surface area contributed by atoms with Crippen molar-refractivity contribution in [1.29, 1.82) is 5.26 Å². The Hall–Kier alpha value is -3.21. The van der Waals surface area contributed by atoms with Gasteiger partial charge in [0.15, 0.2) is 0 Å². The first-order valence-electron chi connectivity index (χ1n) is 6.18. The van der Waals surface area contributed by atoms with E-state index in [9.17, 15) is 4.79 Å². The summed E-state index contributed by atoms with van der Waals surface area (Å²) in [6, 6.07) is 7.44. The third kappa shape index (κ3) is 2.21. The van der Waals surface area contributed by atoms with E-state index in [1.54, 1.807) is 24.1 Å². The molecule has 0 aliphatic carbocycles. The molecule has 0 atom stereocenters. The lowest BCUT2D eigenvalue weighted by molar-refractivity contribution is 0.0816. The Labute approximate surface area is 120 Å². The number of nitrogens with one attached hydrogen (secondary N) is 2. The van der Waals surface area contributed by atoms with Crippen LogP contribution in [0.5, 0.6) is 0 Å². The number of fused-ring (bicyclic) bond motifs is 1. The topological polar surface area (TPSA) is 111 Å². The van der Waals surface area contributed by atoms with E-state index in [1.165, 1.54) is 6.20 Å². The summed E-state index contributed by atoms with van der Waals surface area (Å²) in [5.41, 5.74) is 2.61. The normalized spacial score (nSPS) is 14.0. The van der Waals surface area contributed by atoms with Crippen molar-refractivity contribution in [2.75, 3.05) is 12.4 Å². The number of aromatic amines is 1. The fourth-order valence-corrected chi connectivity index (χ4v) is 2.18. The van der Waals surface area contributed by atoms with Crippen LogP contribution in [0.4, 0.5) is 5.69 Å². The van der Waals surface area contributed by atoms with Crippen molar-refractivity contribution in [2.24, 2.45) is 0 Å². The second-order valence-electron chi connectivity index (χ2n) is 4.54. The number of nitriles is 1. The Balaban J connectivity index is 1.91. The lowest BCUT2D eigenvalue weighted by atomic mass is 10.1. The number of allylic oxidation sites excluding steroid dienone is 1. The van der Waals surface area contributed by atoms with Gasteiger partial charge in [0.1, 0.15) is 11.6 Å². The first-order chi connectivity index (χ1) is 10.2. The van der Waals surface area contributed by atoms with Gasteiger partial charge in [0.2, 0.25) is 5.82 Å². The monoisotopic (exact) mass is 281 g/mol. The van der Waals surface area contributed by atoms with E-state index in [0.29, 0.717) is 12.1 Å². The molecule has 0 fully saturated rings. The smallest absolute Gasteiger partial charge is 0.254 e. The molecular weight excluding hydrogens is 270 g/mol. The highest BCUT2D eigenvalue weighted by molar-refractivity contribution is 6.00. The molecule has 2 N–H and O–H groups in total. The minimum absolute atomic E-state index is 0.00342. The van der Waals surface area contributed by atoms with E-state index in [4.69, 9.17) is 5.26 Å². The maximum atomic E-state index is 11.9. The van der Waals surface area contributed by atoms with Gasteiger partial charge in [-0.3, -0.25) is 4.79 Å². The number of aromatic nitrogens is 4. The third-order valence-electron chi connectivity index (χ3n) is 3.23. The Morgan fingerprint density at radius 1 is 1.57 bits per heavy atom. The van der Waals surface area contributed by atoms with Crippen molar-refractivity contribution in [3.8, 4) is 6.07 Å². The zero-order valence-corrected chi connectivity index (χ0v) is 11.2. The summed E-state index contributed by atoms with van der Waals surface area (Å²) >= 11 is 0. The summed E-state index contributed by atoms with van der Waals surface area (Å²) in [5.74, 6) is 0.210. The number of H-pyrrole nitrogens is 1. The molecular formula is C13H11N7O. The van der Waals surface area contributed by atoms with Gasteiger partial charge in [-0.05, 0) is 17.3 Å². The molecule has 8 heteroatoms. The van der Waals surface area contributed by atoms with Crippen LogP contribution in [0.1, 0.15) is 21.7 Å². The summed E-state index contributed by atoms with van der Waals surface area (Å²) in [7, 11) is 1.75. The number of nitrogens with zero attached hydrogens (tertiary/aromatic N) is 5. The Bertz CT molecular complexity index is 757. The zero-order chi connectivity index (χ0) is 14.8. The molecule has 0 saturated heterocycles. The van der Waals surface area contributed by atoms with Crippen LogP contribution in [-0.2, 0) is 6.54 Å². The Kier molecular flexibility index (Phi) is 3.08. The van der Waals surface area contributed by atoms with Gasteiger partial charge in [0.05, 0.1) is 0 Å². The molecule has 3 rings (SSSR count). The standard InChI is InChI=1S/C13H11N7O/c1-20-7-10-9(13(20)21)3-2-4-11(10)15-6-8(5-14)12-16-18-19-17-12/h2-4,6,15H,7H2,1H3,(H,16,17,18,19). The van der Waals surface area contributed by atoms with Crippen LogP contribution in [0.2, 0.25) is 0 Å². The summed E-state index contributed by atoms with van der Waals surface area (Å²) in [6.07, 6.45) is 1.50.